The molecule has 34 heavy (non-hydrogen) atoms. The third-order valence-electron chi connectivity index (χ3n) is 6.12. The van der Waals surface area contributed by atoms with E-state index in [0.717, 1.165) is 6.42 Å². The van der Waals surface area contributed by atoms with Crippen LogP contribution in [0.4, 0.5) is 0 Å². The van der Waals surface area contributed by atoms with Crippen LogP contribution in [0, 0.1) is 17.3 Å². The van der Waals surface area contributed by atoms with E-state index < -0.39 is 0 Å². The first-order valence-corrected chi connectivity index (χ1v) is 13.1. The average molecular weight is 482 g/mol. The highest BCUT2D eigenvalue weighted by atomic mass is 16.2. The minimum absolute atomic E-state index is 0.0220. The second-order valence-corrected chi connectivity index (χ2v) is 13.5. The van der Waals surface area contributed by atoms with Crippen LogP contribution >= 0.6 is 0 Å². The van der Waals surface area contributed by atoms with Gasteiger partial charge in [-0.1, -0.05) is 27.2 Å². The maximum Gasteiger partial charge on any atom is 0.220 e. The first-order chi connectivity index (χ1) is 15.2. The highest BCUT2D eigenvalue weighted by Crippen LogP contribution is 2.47. The Labute approximate surface area is 210 Å². The van der Waals surface area contributed by atoms with Crippen molar-refractivity contribution in [3.63, 3.8) is 0 Å². The summed E-state index contributed by atoms with van der Waals surface area (Å²) in [7, 11) is 0. The summed E-state index contributed by atoms with van der Waals surface area (Å²) in [6.07, 6.45) is 4.11. The van der Waals surface area contributed by atoms with Crippen LogP contribution in [0.5, 0.6) is 0 Å². The van der Waals surface area contributed by atoms with Crippen LogP contribution in [-0.2, 0) is 14.4 Å². The van der Waals surface area contributed by atoms with E-state index in [1.807, 2.05) is 62.3 Å². The van der Waals surface area contributed by atoms with E-state index >= 15 is 0 Å². The normalized spacial score (nSPS) is 14.0. The van der Waals surface area contributed by atoms with E-state index in [1.165, 1.54) is 0 Å². The molecule has 0 aliphatic heterocycles. The Morgan fingerprint density at radius 1 is 0.588 bits per heavy atom. The zero-order valence-electron chi connectivity index (χ0n) is 24.3. The van der Waals surface area contributed by atoms with Gasteiger partial charge in [-0.3, -0.25) is 14.4 Å². The molecule has 1 atom stereocenters. The molecular weight excluding hydrogens is 426 g/mol. The summed E-state index contributed by atoms with van der Waals surface area (Å²) in [5, 5.41) is 9.22. The van der Waals surface area contributed by atoms with Gasteiger partial charge in [0.25, 0.3) is 0 Å². The Kier molecular flexibility index (Phi) is 12.3. The number of hydrogen-bond donors (Lipinski definition) is 3. The van der Waals surface area contributed by atoms with Gasteiger partial charge in [0.1, 0.15) is 0 Å². The lowest BCUT2D eigenvalue weighted by molar-refractivity contribution is -0.124. The van der Waals surface area contributed by atoms with Gasteiger partial charge in [0.15, 0.2) is 0 Å². The fourth-order valence-electron chi connectivity index (χ4n) is 5.07. The fraction of sp³-hybridized carbons (Fsp3) is 0.893. The van der Waals surface area contributed by atoms with Crippen molar-refractivity contribution in [1.29, 1.82) is 0 Å². The third-order valence-corrected chi connectivity index (χ3v) is 6.12. The predicted molar refractivity (Wildman–Crippen MR) is 142 cm³/mol. The summed E-state index contributed by atoms with van der Waals surface area (Å²) in [5.74, 6) is 0.753. The van der Waals surface area contributed by atoms with E-state index in [4.69, 9.17) is 0 Å². The quantitative estimate of drug-likeness (QED) is 0.332. The zero-order chi connectivity index (χ0) is 27.0. The Bertz CT molecular complexity index is 585. The van der Waals surface area contributed by atoms with Crippen molar-refractivity contribution in [2.45, 2.75) is 145 Å². The van der Waals surface area contributed by atoms with Crippen molar-refractivity contribution in [3.05, 3.63) is 0 Å². The highest BCUT2D eigenvalue weighted by Gasteiger charge is 2.40. The van der Waals surface area contributed by atoms with Crippen molar-refractivity contribution in [3.8, 4) is 0 Å². The first-order valence-electron chi connectivity index (χ1n) is 13.1. The Hall–Kier alpha value is -1.59. The summed E-state index contributed by atoms with van der Waals surface area (Å²) < 4.78 is 0. The van der Waals surface area contributed by atoms with Crippen molar-refractivity contribution in [1.82, 2.24) is 16.0 Å². The molecule has 0 aliphatic carbocycles. The van der Waals surface area contributed by atoms with Crippen LogP contribution in [0.1, 0.15) is 128 Å². The first kappa shape index (κ1) is 32.4. The lowest BCUT2D eigenvalue weighted by Crippen LogP contribution is -2.44. The molecule has 6 heteroatoms. The number of hydrogen-bond acceptors (Lipinski definition) is 3. The Morgan fingerprint density at radius 3 is 1.03 bits per heavy atom. The lowest BCUT2D eigenvalue weighted by atomic mass is 9.61. The van der Waals surface area contributed by atoms with E-state index in [-0.39, 0.29) is 39.8 Å². The van der Waals surface area contributed by atoms with Crippen LogP contribution in [0.25, 0.3) is 0 Å². The largest absolute Gasteiger partial charge is 0.352 e. The van der Waals surface area contributed by atoms with Crippen LogP contribution < -0.4 is 16.0 Å². The lowest BCUT2D eigenvalue weighted by Gasteiger charge is -2.44. The second kappa shape index (κ2) is 12.9. The fourth-order valence-corrected chi connectivity index (χ4v) is 5.07. The van der Waals surface area contributed by atoms with Gasteiger partial charge in [-0.25, -0.2) is 0 Å². The molecule has 6 nitrogen and oxygen atoms in total. The van der Waals surface area contributed by atoms with E-state index in [2.05, 4.69) is 36.7 Å². The van der Waals surface area contributed by atoms with Crippen molar-refractivity contribution >= 4 is 17.7 Å². The van der Waals surface area contributed by atoms with Crippen LogP contribution in [0.2, 0.25) is 0 Å². The molecule has 0 aliphatic rings. The van der Waals surface area contributed by atoms with E-state index in [0.29, 0.717) is 50.4 Å². The molecule has 0 saturated carbocycles. The smallest absolute Gasteiger partial charge is 0.220 e. The molecule has 0 aromatic rings. The van der Waals surface area contributed by atoms with E-state index in [9.17, 15) is 14.4 Å². The molecule has 200 valence electrons. The molecule has 0 fully saturated rings. The molecule has 0 spiro atoms. The van der Waals surface area contributed by atoms with Crippen molar-refractivity contribution in [2.75, 3.05) is 0 Å². The monoisotopic (exact) mass is 481 g/mol. The molecule has 3 amide bonds. The Morgan fingerprint density at radius 2 is 0.853 bits per heavy atom. The van der Waals surface area contributed by atoms with Crippen molar-refractivity contribution in [2.24, 2.45) is 17.3 Å². The SMILES string of the molecule is CCC(C(C)C)C(CCC(=O)NC(C)(C)C)(CCC(=O)NC(C)(C)C)CCC(=O)NC(C)(C)C. The minimum Gasteiger partial charge on any atom is -0.352 e. The highest BCUT2D eigenvalue weighted by molar-refractivity contribution is 5.78. The molecule has 3 N–H and O–H groups in total. The maximum absolute atomic E-state index is 12.8. The standard InChI is InChI=1S/C28H55N3O3/c1-13-21(20(2)3)28(17-14-22(32)29-25(4,5)6,18-15-23(33)30-26(7,8)9)19-16-24(34)31-27(10,11)12/h20-21H,13-19H2,1-12H3,(H,29,32)(H,30,33)(H,31,34). The van der Waals surface area contributed by atoms with Crippen LogP contribution in [-0.4, -0.2) is 34.3 Å². The van der Waals surface area contributed by atoms with Crippen LogP contribution in [0.3, 0.4) is 0 Å². The molecule has 0 heterocycles. The second-order valence-electron chi connectivity index (χ2n) is 13.5. The number of rotatable bonds is 12. The molecule has 0 aromatic heterocycles. The van der Waals surface area contributed by atoms with Gasteiger partial charge in [0.05, 0.1) is 0 Å². The summed E-state index contributed by atoms with van der Waals surface area (Å²) >= 11 is 0. The molecule has 0 radical (unpaired) electrons. The summed E-state index contributed by atoms with van der Waals surface area (Å²) in [6, 6.07) is 0. The zero-order valence-corrected chi connectivity index (χ0v) is 24.3. The molecule has 0 saturated heterocycles. The van der Waals surface area contributed by atoms with Gasteiger partial charge in [-0.15, -0.1) is 0 Å². The molecule has 1 unspecified atom stereocenters. The minimum atomic E-state index is -0.291. The van der Waals surface area contributed by atoms with Gasteiger partial charge in [-0.2, -0.15) is 0 Å². The van der Waals surface area contributed by atoms with Gasteiger partial charge in [-0.05, 0) is 98.8 Å². The van der Waals surface area contributed by atoms with Crippen molar-refractivity contribution < 1.29 is 14.4 Å². The third kappa shape index (κ3) is 14.0. The number of carbonyl (C=O) groups is 3. The number of amides is 3. The molecule has 0 rings (SSSR count). The van der Waals surface area contributed by atoms with Gasteiger partial charge in [0.2, 0.25) is 17.7 Å². The van der Waals surface area contributed by atoms with Gasteiger partial charge < -0.3 is 16.0 Å². The topological polar surface area (TPSA) is 87.3 Å². The average Bonchev–Trinajstić information content (AvgIpc) is 2.58. The molecular formula is C28H55N3O3. The van der Waals surface area contributed by atoms with Gasteiger partial charge >= 0.3 is 0 Å². The summed E-state index contributed by atoms with van der Waals surface area (Å²) in [4.78, 5) is 38.3. The Balaban J connectivity index is 5.94. The molecule has 0 bridgehead atoms. The predicted octanol–water partition coefficient (Wildman–Crippen LogP) is 5.74. The molecule has 0 aromatic carbocycles. The summed E-state index contributed by atoms with van der Waals surface area (Å²) in [5.41, 5.74) is -1.15. The number of carbonyl (C=O) groups excluding carboxylic acids is 3. The van der Waals surface area contributed by atoms with Gasteiger partial charge in [0, 0.05) is 35.9 Å². The maximum atomic E-state index is 12.8. The van der Waals surface area contributed by atoms with E-state index in [1.54, 1.807) is 0 Å². The summed E-state index contributed by atoms with van der Waals surface area (Å²) in [6.45, 7) is 24.4. The number of nitrogens with one attached hydrogen (secondary N) is 3. The van der Waals surface area contributed by atoms with Crippen LogP contribution in [0.15, 0.2) is 0 Å².